The number of methoxy groups -OCH3 is 2. The minimum atomic E-state index is 0.659. The van der Waals surface area contributed by atoms with Crippen molar-refractivity contribution in [3.63, 3.8) is 0 Å². The van der Waals surface area contributed by atoms with Gasteiger partial charge >= 0.3 is 0 Å². The van der Waals surface area contributed by atoms with Gasteiger partial charge in [0.05, 0.1) is 37.1 Å². The van der Waals surface area contributed by atoms with Gasteiger partial charge in [0.15, 0.2) is 11.5 Å². The number of hydrogen-bond acceptors (Lipinski definition) is 5. The summed E-state index contributed by atoms with van der Waals surface area (Å²) in [6.45, 7) is 0. The Hall–Kier alpha value is -2.14. The maximum absolute atomic E-state index is 5.28. The Balaban J connectivity index is 2.17. The lowest BCUT2D eigenvalue weighted by Gasteiger charge is -2.08. The number of rotatable bonds is 3. The predicted octanol–water partition coefficient (Wildman–Crippen LogP) is 3.38. The Morgan fingerprint density at radius 3 is 2.42 bits per heavy atom. The SMILES string of the molecule is COc1cc2ncc(-c3ccsc3)nc2cc1OC. The van der Waals surface area contributed by atoms with Gasteiger partial charge in [0, 0.05) is 23.1 Å². The molecule has 0 amide bonds. The average Bonchev–Trinajstić information content (AvgIpc) is 2.99. The normalized spacial score (nSPS) is 10.6. The summed E-state index contributed by atoms with van der Waals surface area (Å²) in [5.41, 5.74) is 3.52. The van der Waals surface area contributed by atoms with Gasteiger partial charge in [0.2, 0.25) is 0 Å². The third kappa shape index (κ3) is 2.13. The lowest BCUT2D eigenvalue weighted by atomic mass is 10.2. The third-order valence-corrected chi connectivity index (χ3v) is 3.55. The largest absolute Gasteiger partial charge is 0.493 e. The van der Waals surface area contributed by atoms with Crippen LogP contribution in [0, 0.1) is 0 Å². The molecular weight excluding hydrogens is 260 g/mol. The number of ether oxygens (including phenoxy) is 2. The van der Waals surface area contributed by atoms with Crippen LogP contribution in [0.25, 0.3) is 22.3 Å². The number of hydrogen-bond donors (Lipinski definition) is 0. The van der Waals surface area contributed by atoms with Crippen LogP contribution in [0.1, 0.15) is 0 Å². The van der Waals surface area contributed by atoms with Crippen LogP contribution in [0.5, 0.6) is 11.5 Å². The number of fused-ring (bicyclic) bond motifs is 1. The molecule has 0 fully saturated rings. The summed E-state index contributed by atoms with van der Waals surface area (Å²) in [4.78, 5) is 9.04. The van der Waals surface area contributed by atoms with Crippen LogP contribution in [0.4, 0.5) is 0 Å². The van der Waals surface area contributed by atoms with Gasteiger partial charge in [-0.1, -0.05) is 0 Å². The van der Waals surface area contributed by atoms with Crippen molar-refractivity contribution in [1.82, 2.24) is 9.97 Å². The van der Waals surface area contributed by atoms with Crippen LogP contribution in [0.15, 0.2) is 35.2 Å². The van der Waals surface area contributed by atoms with Crippen LogP contribution in [-0.2, 0) is 0 Å². The maximum Gasteiger partial charge on any atom is 0.163 e. The molecule has 0 unspecified atom stereocenters. The van der Waals surface area contributed by atoms with Gasteiger partial charge < -0.3 is 9.47 Å². The molecule has 0 bridgehead atoms. The highest BCUT2D eigenvalue weighted by Crippen LogP contribution is 2.31. The Bertz CT molecular complexity index is 711. The molecule has 3 aromatic rings. The molecule has 3 rings (SSSR count). The molecule has 96 valence electrons. The molecule has 0 aliphatic heterocycles. The Labute approximate surface area is 114 Å². The van der Waals surface area contributed by atoms with Crippen LogP contribution >= 0.6 is 11.3 Å². The highest BCUT2D eigenvalue weighted by atomic mass is 32.1. The lowest BCUT2D eigenvalue weighted by Crippen LogP contribution is -1.93. The van der Waals surface area contributed by atoms with E-state index in [1.165, 1.54) is 0 Å². The van der Waals surface area contributed by atoms with E-state index in [0.717, 1.165) is 22.3 Å². The van der Waals surface area contributed by atoms with E-state index in [0.29, 0.717) is 11.5 Å². The smallest absolute Gasteiger partial charge is 0.163 e. The van der Waals surface area contributed by atoms with Gasteiger partial charge in [0.25, 0.3) is 0 Å². The standard InChI is InChI=1S/C14H12N2O2S/c1-17-13-5-10-11(6-14(13)18-2)16-12(7-15-10)9-3-4-19-8-9/h3-8H,1-2H3. The zero-order valence-electron chi connectivity index (χ0n) is 10.6. The zero-order valence-corrected chi connectivity index (χ0v) is 11.4. The molecule has 19 heavy (non-hydrogen) atoms. The van der Waals surface area contributed by atoms with E-state index in [1.807, 2.05) is 23.6 Å². The van der Waals surface area contributed by atoms with Crippen molar-refractivity contribution in [3.05, 3.63) is 35.2 Å². The monoisotopic (exact) mass is 272 g/mol. The van der Waals surface area contributed by atoms with Gasteiger partial charge in [-0.25, -0.2) is 4.98 Å². The van der Waals surface area contributed by atoms with Crippen molar-refractivity contribution in [2.75, 3.05) is 14.2 Å². The van der Waals surface area contributed by atoms with Gasteiger partial charge in [-0.2, -0.15) is 11.3 Å². The van der Waals surface area contributed by atoms with E-state index in [2.05, 4.69) is 15.3 Å². The summed E-state index contributed by atoms with van der Waals surface area (Å²) < 4.78 is 10.5. The van der Waals surface area contributed by atoms with Crippen molar-refractivity contribution in [2.24, 2.45) is 0 Å². The van der Waals surface area contributed by atoms with Crippen LogP contribution in [0.2, 0.25) is 0 Å². The molecule has 4 nitrogen and oxygen atoms in total. The summed E-state index contributed by atoms with van der Waals surface area (Å²) in [7, 11) is 3.22. The first-order valence-corrected chi connectivity index (χ1v) is 6.67. The van der Waals surface area contributed by atoms with Crippen molar-refractivity contribution >= 4 is 22.4 Å². The molecule has 0 spiro atoms. The third-order valence-electron chi connectivity index (χ3n) is 2.86. The molecule has 0 saturated heterocycles. The van der Waals surface area contributed by atoms with E-state index in [9.17, 15) is 0 Å². The summed E-state index contributed by atoms with van der Waals surface area (Å²) in [5.74, 6) is 1.32. The molecule has 0 N–H and O–H groups in total. The van der Waals surface area contributed by atoms with Crippen molar-refractivity contribution in [2.45, 2.75) is 0 Å². The van der Waals surface area contributed by atoms with E-state index in [4.69, 9.17) is 9.47 Å². The van der Waals surface area contributed by atoms with E-state index in [1.54, 1.807) is 31.8 Å². The van der Waals surface area contributed by atoms with Crippen LogP contribution < -0.4 is 9.47 Å². The fraction of sp³-hybridized carbons (Fsp3) is 0.143. The first kappa shape index (κ1) is 11.9. The number of aromatic nitrogens is 2. The second-order valence-corrected chi connectivity index (χ2v) is 4.74. The van der Waals surface area contributed by atoms with Crippen molar-refractivity contribution < 1.29 is 9.47 Å². The predicted molar refractivity (Wildman–Crippen MR) is 76.0 cm³/mol. The average molecular weight is 272 g/mol. The second-order valence-electron chi connectivity index (χ2n) is 3.96. The van der Waals surface area contributed by atoms with Gasteiger partial charge in [-0.3, -0.25) is 4.98 Å². The summed E-state index contributed by atoms with van der Waals surface area (Å²) in [6, 6.07) is 5.71. The Morgan fingerprint density at radius 2 is 1.79 bits per heavy atom. The number of nitrogens with zero attached hydrogens (tertiary/aromatic N) is 2. The quantitative estimate of drug-likeness (QED) is 0.733. The topological polar surface area (TPSA) is 44.2 Å². The molecule has 0 radical (unpaired) electrons. The molecule has 0 saturated carbocycles. The molecule has 5 heteroatoms. The molecule has 0 aliphatic carbocycles. The number of benzene rings is 1. The fourth-order valence-corrected chi connectivity index (χ4v) is 2.54. The van der Waals surface area contributed by atoms with E-state index >= 15 is 0 Å². The van der Waals surface area contributed by atoms with Crippen molar-refractivity contribution in [3.8, 4) is 22.8 Å². The molecule has 1 aromatic carbocycles. The lowest BCUT2D eigenvalue weighted by molar-refractivity contribution is 0.355. The maximum atomic E-state index is 5.28. The van der Waals surface area contributed by atoms with E-state index < -0.39 is 0 Å². The first-order chi connectivity index (χ1) is 9.31. The van der Waals surface area contributed by atoms with Crippen LogP contribution in [0.3, 0.4) is 0 Å². The molecule has 0 atom stereocenters. The molecular formula is C14H12N2O2S. The summed E-state index contributed by atoms with van der Waals surface area (Å²) >= 11 is 1.64. The van der Waals surface area contributed by atoms with E-state index in [-0.39, 0.29) is 0 Å². The zero-order chi connectivity index (χ0) is 13.2. The molecule has 2 aromatic heterocycles. The summed E-state index contributed by atoms with van der Waals surface area (Å²) in [5, 5.41) is 4.08. The number of thiophene rings is 1. The fourth-order valence-electron chi connectivity index (χ4n) is 1.89. The van der Waals surface area contributed by atoms with Crippen LogP contribution in [-0.4, -0.2) is 24.2 Å². The first-order valence-electron chi connectivity index (χ1n) is 5.73. The van der Waals surface area contributed by atoms with Gasteiger partial charge in [-0.05, 0) is 11.4 Å². The van der Waals surface area contributed by atoms with Gasteiger partial charge in [-0.15, -0.1) is 0 Å². The van der Waals surface area contributed by atoms with Crippen molar-refractivity contribution in [1.29, 1.82) is 0 Å². The molecule has 0 aliphatic rings. The molecule has 2 heterocycles. The highest BCUT2D eigenvalue weighted by molar-refractivity contribution is 7.08. The highest BCUT2D eigenvalue weighted by Gasteiger charge is 2.09. The Kier molecular flexibility index (Phi) is 3.05. The minimum absolute atomic E-state index is 0.659. The second kappa shape index (κ2) is 4.85. The Morgan fingerprint density at radius 1 is 1.05 bits per heavy atom. The summed E-state index contributed by atoms with van der Waals surface area (Å²) in [6.07, 6.45) is 1.77. The minimum Gasteiger partial charge on any atom is -0.493 e. The van der Waals surface area contributed by atoms with Gasteiger partial charge in [0.1, 0.15) is 0 Å².